The highest BCUT2D eigenvalue weighted by Gasteiger charge is 2.15. The van der Waals surface area contributed by atoms with E-state index in [1.807, 2.05) is 55.4 Å². The minimum Gasteiger partial charge on any atom is -0.395 e. The van der Waals surface area contributed by atoms with Gasteiger partial charge >= 0.3 is 0 Å². The summed E-state index contributed by atoms with van der Waals surface area (Å²) in [5.74, 6) is 0.609. The van der Waals surface area contributed by atoms with Gasteiger partial charge in [0.05, 0.1) is 18.0 Å². The lowest BCUT2D eigenvalue weighted by Crippen LogP contribution is -2.18. The summed E-state index contributed by atoms with van der Waals surface area (Å²) in [7, 11) is 3.85. The molecule has 0 amide bonds. The Bertz CT molecular complexity index is 1330. The SMILES string of the molecule is CCCCCn1c(-c2ccc(C=O)cc2)cc(=O)n2cc(-c3ccc(Cl)cc3)nc12.CN(C)CCO. The third kappa shape index (κ3) is 6.91. The van der Waals surface area contributed by atoms with Crippen molar-refractivity contribution in [3.8, 4) is 22.5 Å². The number of imidazole rings is 1. The number of halogens is 1. The van der Waals surface area contributed by atoms with Gasteiger partial charge in [0.2, 0.25) is 5.78 Å². The molecule has 0 aliphatic rings. The summed E-state index contributed by atoms with van der Waals surface area (Å²) < 4.78 is 3.69. The predicted octanol–water partition coefficient (Wildman–Crippen LogP) is 5.03. The highest BCUT2D eigenvalue weighted by atomic mass is 35.5. The number of aryl methyl sites for hydroxylation is 1. The van der Waals surface area contributed by atoms with Crippen LogP contribution in [0.15, 0.2) is 65.6 Å². The average molecular weight is 509 g/mol. The molecule has 0 bridgehead atoms. The van der Waals surface area contributed by atoms with E-state index < -0.39 is 0 Å². The number of hydrogen-bond acceptors (Lipinski definition) is 5. The molecule has 0 saturated carbocycles. The van der Waals surface area contributed by atoms with Crippen LogP contribution in [0.2, 0.25) is 5.02 Å². The molecule has 0 unspecified atom stereocenters. The summed E-state index contributed by atoms with van der Waals surface area (Å²) in [5.41, 5.74) is 3.77. The maximum Gasteiger partial charge on any atom is 0.259 e. The zero-order valence-electron chi connectivity index (χ0n) is 21.0. The largest absolute Gasteiger partial charge is 0.395 e. The van der Waals surface area contributed by atoms with Crippen LogP contribution in [0, 0.1) is 0 Å². The van der Waals surface area contributed by atoms with Gasteiger partial charge in [-0.05, 0) is 38.2 Å². The van der Waals surface area contributed by atoms with E-state index in [0.717, 1.165) is 61.2 Å². The summed E-state index contributed by atoms with van der Waals surface area (Å²) in [6.07, 6.45) is 5.76. The van der Waals surface area contributed by atoms with Gasteiger partial charge in [-0.1, -0.05) is 67.8 Å². The van der Waals surface area contributed by atoms with E-state index in [-0.39, 0.29) is 12.2 Å². The Labute approximate surface area is 216 Å². The molecule has 8 heteroatoms. The van der Waals surface area contributed by atoms with Crippen LogP contribution < -0.4 is 5.56 Å². The number of carbonyl (C=O) groups is 1. The lowest BCUT2D eigenvalue weighted by molar-refractivity contribution is 0.112. The van der Waals surface area contributed by atoms with Crippen molar-refractivity contribution in [2.45, 2.75) is 32.7 Å². The van der Waals surface area contributed by atoms with Gasteiger partial charge in [-0.3, -0.25) is 14.0 Å². The highest BCUT2D eigenvalue weighted by molar-refractivity contribution is 6.30. The first-order chi connectivity index (χ1) is 17.4. The van der Waals surface area contributed by atoms with Crippen molar-refractivity contribution in [1.29, 1.82) is 0 Å². The molecule has 0 radical (unpaired) electrons. The first-order valence-corrected chi connectivity index (χ1v) is 12.5. The number of likely N-dealkylation sites (N-methyl/N-ethyl adjacent to an activating group) is 1. The molecular formula is C28H33ClN4O3. The van der Waals surface area contributed by atoms with Crippen LogP contribution in [0.25, 0.3) is 28.3 Å². The van der Waals surface area contributed by atoms with E-state index >= 15 is 0 Å². The number of aliphatic hydroxyl groups is 1. The van der Waals surface area contributed by atoms with Crippen LogP contribution in [0.5, 0.6) is 0 Å². The molecule has 2 aromatic carbocycles. The molecular weight excluding hydrogens is 476 g/mol. The average Bonchev–Trinajstić information content (AvgIpc) is 3.32. The van der Waals surface area contributed by atoms with Gasteiger partial charge in [-0.25, -0.2) is 4.98 Å². The second kappa shape index (κ2) is 13.2. The fraction of sp³-hybridized carbons (Fsp3) is 0.321. The molecule has 0 fully saturated rings. The topological polar surface area (TPSA) is 79.8 Å². The van der Waals surface area contributed by atoms with E-state index in [4.69, 9.17) is 21.7 Å². The molecule has 36 heavy (non-hydrogen) atoms. The molecule has 190 valence electrons. The summed E-state index contributed by atoms with van der Waals surface area (Å²) in [4.78, 5) is 30.6. The highest BCUT2D eigenvalue weighted by Crippen LogP contribution is 2.25. The lowest BCUT2D eigenvalue weighted by Gasteiger charge is -2.15. The van der Waals surface area contributed by atoms with Crippen LogP contribution in [0.4, 0.5) is 0 Å². The standard InChI is InChI=1S/C24H22ClN3O2.C4H11NO/c1-2-3-4-13-27-22(19-7-5-17(16-29)6-8-19)14-23(30)28-15-21(26-24(27)28)18-9-11-20(25)12-10-18;1-5(2)3-4-6/h5-12,14-16H,2-4,13H2,1H3;6H,3-4H2,1-2H3. The molecule has 1 N–H and O–H groups in total. The van der Waals surface area contributed by atoms with Crippen molar-refractivity contribution in [2.24, 2.45) is 0 Å². The number of unbranched alkanes of at least 4 members (excludes halogenated alkanes) is 2. The Kier molecular flexibility index (Phi) is 9.99. The fourth-order valence-electron chi connectivity index (χ4n) is 3.77. The molecule has 0 atom stereocenters. The van der Waals surface area contributed by atoms with Crippen molar-refractivity contribution in [2.75, 3.05) is 27.2 Å². The number of nitrogens with zero attached hydrogens (tertiary/aromatic N) is 4. The van der Waals surface area contributed by atoms with Gasteiger partial charge in [-0.2, -0.15) is 0 Å². The number of rotatable bonds is 9. The smallest absolute Gasteiger partial charge is 0.259 e. The van der Waals surface area contributed by atoms with Crippen molar-refractivity contribution in [3.63, 3.8) is 0 Å². The molecule has 4 rings (SSSR count). The van der Waals surface area contributed by atoms with Gasteiger partial charge in [0.1, 0.15) is 6.29 Å². The Balaban J connectivity index is 0.000000538. The quantitative estimate of drug-likeness (QED) is 0.253. The number of benzene rings is 2. The molecule has 4 aromatic rings. The molecule has 2 aromatic heterocycles. The first-order valence-electron chi connectivity index (χ1n) is 12.1. The minimum atomic E-state index is -0.140. The van der Waals surface area contributed by atoms with Crippen molar-refractivity contribution in [1.82, 2.24) is 18.9 Å². The van der Waals surface area contributed by atoms with E-state index in [1.54, 1.807) is 28.8 Å². The number of fused-ring (bicyclic) bond motifs is 1. The molecule has 0 aliphatic carbocycles. The number of aldehydes is 1. The van der Waals surface area contributed by atoms with Crippen LogP contribution in [0.3, 0.4) is 0 Å². The Hall–Kier alpha value is -3.26. The Morgan fingerprint density at radius 1 is 1.03 bits per heavy atom. The predicted molar refractivity (Wildman–Crippen MR) is 146 cm³/mol. The Morgan fingerprint density at radius 2 is 1.69 bits per heavy atom. The third-order valence-corrected chi connectivity index (χ3v) is 5.98. The number of hydrogen-bond donors (Lipinski definition) is 1. The maximum absolute atomic E-state index is 12.9. The normalized spacial score (nSPS) is 10.9. The minimum absolute atomic E-state index is 0.140. The zero-order valence-corrected chi connectivity index (χ0v) is 21.8. The van der Waals surface area contributed by atoms with Crippen molar-refractivity contribution < 1.29 is 9.90 Å². The third-order valence-electron chi connectivity index (χ3n) is 5.73. The number of aliphatic hydroxyl groups excluding tert-OH is 1. The zero-order chi connectivity index (χ0) is 26.1. The van der Waals surface area contributed by atoms with Crippen LogP contribution in [-0.2, 0) is 6.54 Å². The lowest BCUT2D eigenvalue weighted by atomic mass is 10.1. The van der Waals surface area contributed by atoms with Gasteiger partial charge < -0.3 is 14.6 Å². The van der Waals surface area contributed by atoms with E-state index in [2.05, 4.69) is 11.5 Å². The molecule has 0 spiro atoms. The van der Waals surface area contributed by atoms with Gasteiger partial charge in [-0.15, -0.1) is 0 Å². The molecule has 0 aliphatic heterocycles. The van der Waals surface area contributed by atoms with E-state index in [0.29, 0.717) is 16.4 Å². The van der Waals surface area contributed by atoms with Gasteiger partial charge in [0.25, 0.3) is 5.56 Å². The van der Waals surface area contributed by atoms with E-state index in [9.17, 15) is 9.59 Å². The summed E-state index contributed by atoms with van der Waals surface area (Å²) in [6.45, 7) is 3.93. The summed E-state index contributed by atoms with van der Waals surface area (Å²) >= 11 is 6.01. The Morgan fingerprint density at radius 3 is 2.25 bits per heavy atom. The van der Waals surface area contributed by atoms with Gasteiger partial charge in [0, 0.05) is 41.5 Å². The second-order valence-electron chi connectivity index (χ2n) is 8.80. The van der Waals surface area contributed by atoms with Gasteiger partial charge in [0.15, 0.2) is 0 Å². The van der Waals surface area contributed by atoms with E-state index in [1.165, 1.54) is 0 Å². The van der Waals surface area contributed by atoms with Crippen molar-refractivity contribution >= 4 is 23.7 Å². The fourth-order valence-corrected chi connectivity index (χ4v) is 3.89. The second-order valence-corrected chi connectivity index (χ2v) is 9.23. The molecule has 0 saturated heterocycles. The summed E-state index contributed by atoms with van der Waals surface area (Å²) in [5, 5.41) is 8.85. The first kappa shape index (κ1) is 27.3. The van der Waals surface area contributed by atoms with Crippen LogP contribution in [-0.4, -0.2) is 57.5 Å². The monoisotopic (exact) mass is 508 g/mol. The maximum atomic E-state index is 12.9. The van der Waals surface area contributed by atoms with Crippen LogP contribution in [0.1, 0.15) is 36.5 Å². The molecule has 7 nitrogen and oxygen atoms in total. The van der Waals surface area contributed by atoms with Crippen LogP contribution >= 0.6 is 11.6 Å². The number of carbonyl (C=O) groups excluding carboxylic acids is 1. The molecule has 2 heterocycles. The summed E-state index contributed by atoms with van der Waals surface area (Å²) in [6, 6.07) is 16.3. The number of aromatic nitrogens is 3. The van der Waals surface area contributed by atoms with Crippen molar-refractivity contribution in [3.05, 3.63) is 81.7 Å².